The van der Waals surface area contributed by atoms with Crippen molar-refractivity contribution in [1.82, 2.24) is 15.3 Å². The number of rotatable bonds is 2. The molecule has 32 heavy (non-hydrogen) atoms. The summed E-state index contributed by atoms with van der Waals surface area (Å²) in [5.41, 5.74) is 1.78. The Kier molecular flexibility index (Phi) is 4.34. The molecule has 0 saturated carbocycles. The third kappa shape index (κ3) is 2.93. The molecule has 158 valence electrons. The van der Waals surface area contributed by atoms with Crippen molar-refractivity contribution in [3.8, 4) is 17.2 Å². The zero-order valence-corrected chi connectivity index (χ0v) is 17.8. The first-order valence-electron chi connectivity index (χ1n) is 11.0. The van der Waals surface area contributed by atoms with Crippen LogP contribution in [0.4, 0.5) is 10.2 Å². The molecule has 2 aliphatic rings. The molecule has 3 heterocycles. The summed E-state index contributed by atoms with van der Waals surface area (Å²) in [5.74, 6) is 0.947. The fraction of sp³-hybridized carbons (Fsp3) is 0.269. The predicted molar refractivity (Wildman–Crippen MR) is 124 cm³/mol. The van der Waals surface area contributed by atoms with Crippen LogP contribution in [-0.4, -0.2) is 35.1 Å². The van der Waals surface area contributed by atoms with Crippen molar-refractivity contribution in [2.24, 2.45) is 0 Å². The van der Waals surface area contributed by atoms with Crippen LogP contribution in [0.25, 0.3) is 32.8 Å². The maximum atomic E-state index is 16.1. The molecule has 2 atom stereocenters. The van der Waals surface area contributed by atoms with Crippen LogP contribution in [0.3, 0.4) is 0 Å². The average Bonchev–Trinajstić information content (AvgIpc) is 3.16. The Balaban J connectivity index is 1.57. The number of aromatic nitrogens is 2. The monoisotopic (exact) mass is 423 g/mol. The SMILES string of the molecule is Cc1nc(N2CC3CCC(C2)N3)c2ccc(-c3c(C#N)ccc4ccccc34)c(F)c2n1. The molecule has 2 saturated heterocycles. The molecule has 2 fully saturated rings. The molecule has 6 heteroatoms. The lowest BCUT2D eigenvalue weighted by Crippen LogP contribution is -2.51. The highest BCUT2D eigenvalue weighted by molar-refractivity contribution is 6.02. The number of anilines is 1. The van der Waals surface area contributed by atoms with Gasteiger partial charge in [0.05, 0.1) is 11.6 Å². The summed E-state index contributed by atoms with van der Waals surface area (Å²) in [6.07, 6.45) is 2.33. The molecule has 2 aliphatic heterocycles. The molecule has 1 aromatic heterocycles. The van der Waals surface area contributed by atoms with Crippen molar-refractivity contribution in [3.05, 3.63) is 65.7 Å². The topological polar surface area (TPSA) is 64.8 Å². The summed E-state index contributed by atoms with van der Waals surface area (Å²) in [5, 5.41) is 15.9. The fourth-order valence-electron chi connectivity index (χ4n) is 5.31. The number of nitrogens with one attached hydrogen (secondary N) is 1. The summed E-state index contributed by atoms with van der Waals surface area (Å²) in [7, 11) is 0. The lowest BCUT2D eigenvalue weighted by Gasteiger charge is -2.34. The summed E-state index contributed by atoms with van der Waals surface area (Å²) in [6.45, 7) is 3.55. The number of hydrogen-bond acceptors (Lipinski definition) is 5. The van der Waals surface area contributed by atoms with Gasteiger partial charge in [-0.1, -0.05) is 36.4 Å². The molecule has 2 unspecified atom stereocenters. The van der Waals surface area contributed by atoms with Gasteiger partial charge in [0.15, 0.2) is 5.82 Å². The first-order chi connectivity index (χ1) is 15.6. The third-order valence-corrected chi connectivity index (χ3v) is 6.73. The van der Waals surface area contributed by atoms with Gasteiger partial charge in [-0.3, -0.25) is 0 Å². The Hall–Kier alpha value is -3.56. The Bertz CT molecular complexity index is 1410. The van der Waals surface area contributed by atoms with E-state index in [4.69, 9.17) is 4.98 Å². The van der Waals surface area contributed by atoms with Crippen molar-refractivity contribution in [1.29, 1.82) is 5.26 Å². The fourth-order valence-corrected chi connectivity index (χ4v) is 5.31. The standard InChI is InChI=1S/C26H22FN5/c1-15-29-25-22(26(30-15)32-13-18-8-9-19(14-32)31-18)11-10-21(24(25)27)23-17(12-28)7-6-16-4-2-3-5-20(16)23/h2-7,10-11,18-19,31H,8-9,13-14H2,1H3. The van der Waals surface area contributed by atoms with Gasteiger partial charge in [0.25, 0.3) is 0 Å². The second kappa shape index (κ2) is 7.25. The molecule has 1 N–H and O–H groups in total. The smallest absolute Gasteiger partial charge is 0.157 e. The van der Waals surface area contributed by atoms with Gasteiger partial charge in [0, 0.05) is 41.7 Å². The van der Waals surface area contributed by atoms with Crippen LogP contribution < -0.4 is 10.2 Å². The lowest BCUT2D eigenvalue weighted by atomic mass is 9.92. The highest BCUT2D eigenvalue weighted by Gasteiger charge is 2.33. The van der Waals surface area contributed by atoms with Gasteiger partial charge in [-0.25, -0.2) is 14.4 Å². The number of nitrogens with zero attached hydrogens (tertiary/aromatic N) is 4. The van der Waals surface area contributed by atoms with Crippen molar-refractivity contribution in [2.45, 2.75) is 31.8 Å². The van der Waals surface area contributed by atoms with Crippen LogP contribution in [0.5, 0.6) is 0 Å². The number of piperazine rings is 1. The van der Waals surface area contributed by atoms with Gasteiger partial charge in [0.1, 0.15) is 17.2 Å². The van der Waals surface area contributed by atoms with Gasteiger partial charge in [0.2, 0.25) is 0 Å². The first-order valence-corrected chi connectivity index (χ1v) is 11.0. The minimum Gasteiger partial charge on any atom is -0.353 e. The number of benzene rings is 3. The molecule has 2 bridgehead atoms. The van der Waals surface area contributed by atoms with Crippen LogP contribution in [0.15, 0.2) is 48.5 Å². The van der Waals surface area contributed by atoms with Gasteiger partial charge < -0.3 is 10.2 Å². The largest absolute Gasteiger partial charge is 0.353 e. The molecule has 0 aliphatic carbocycles. The van der Waals surface area contributed by atoms with E-state index >= 15 is 4.39 Å². The Labute approximate surface area is 185 Å². The first kappa shape index (κ1) is 19.1. The summed E-state index contributed by atoms with van der Waals surface area (Å²) >= 11 is 0. The highest BCUT2D eigenvalue weighted by Crippen LogP contribution is 2.38. The normalized spacial score (nSPS) is 20.1. The molecule has 0 amide bonds. The van der Waals surface area contributed by atoms with Gasteiger partial charge in [-0.15, -0.1) is 0 Å². The van der Waals surface area contributed by atoms with Gasteiger partial charge >= 0.3 is 0 Å². The van der Waals surface area contributed by atoms with E-state index in [1.54, 1.807) is 12.1 Å². The Morgan fingerprint density at radius 1 is 1.00 bits per heavy atom. The van der Waals surface area contributed by atoms with Crippen molar-refractivity contribution in [3.63, 3.8) is 0 Å². The number of aryl methyl sites for hydroxylation is 1. The van der Waals surface area contributed by atoms with E-state index in [9.17, 15) is 5.26 Å². The predicted octanol–water partition coefficient (Wildman–Crippen LogP) is 4.71. The number of fused-ring (bicyclic) bond motifs is 4. The van der Waals surface area contributed by atoms with Crippen LogP contribution in [0.2, 0.25) is 0 Å². The Morgan fingerprint density at radius 2 is 1.78 bits per heavy atom. The number of nitriles is 1. The number of halogens is 1. The van der Waals surface area contributed by atoms with Crippen LogP contribution in [0.1, 0.15) is 24.2 Å². The zero-order chi connectivity index (χ0) is 21.8. The number of hydrogen-bond donors (Lipinski definition) is 1. The lowest BCUT2D eigenvalue weighted by molar-refractivity contribution is 0.464. The quantitative estimate of drug-likeness (QED) is 0.506. The average molecular weight is 423 g/mol. The Morgan fingerprint density at radius 3 is 2.56 bits per heavy atom. The summed E-state index contributed by atoms with van der Waals surface area (Å²) in [4.78, 5) is 11.5. The second-order valence-corrected chi connectivity index (χ2v) is 8.78. The van der Waals surface area contributed by atoms with Crippen LogP contribution in [-0.2, 0) is 0 Å². The maximum Gasteiger partial charge on any atom is 0.157 e. The molecule has 0 spiro atoms. The van der Waals surface area contributed by atoms with E-state index in [0.717, 1.165) is 35.1 Å². The molecular formula is C26H22FN5. The van der Waals surface area contributed by atoms with Crippen LogP contribution in [0, 0.1) is 24.1 Å². The van der Waals surface area contributed by atoms with Gasteiger partial charge in [-0.2, -0.15) is 5.26 Å². The van der Waals surface area contributed by atoms with E-state index < -0.39 is 5.82 Å². The molecular weight excluding hydrogens is 401 g/mol. The summed E-state index contributed by atoms with van der Waals surface area (Å²) in [6, 6.07) is 18.3. The molecule has 0 radical (unpaired) electrons. The molecule has 6 rings (SSSR count). The highest BCUT2D eigenvalue weighted by atomic mass is 19.1. The molecule has 5 nitrogen and oxygen atoms in total. The molecule has 3 aromatic carbocycles. The van der Waals surface area contributed by atoms with Crippen molar-refractivity contribution >= 4 is 27.5 Å². The zero-order valence-electron chi connectivity index (χ0n) is 17.8. The van der Waals surface area contributed by atoms with E-state index in [1.165, 1.54) is 12.8 Å². The van der Waals surface area contributed by atoms with Gasteiger partial charge in [-0.05, 0) is 42.7 Å². The minimum absolute atomic E-state index is 0.313. The maximum absolute atomic E-state index is 16.1. The van der Waals surface area contributed by atoms with Crippen LogP contribution >= 0.6 is 0 Å². The van der Waals surface area contributed by atoms with E-state index in [2.05, 4.69) is 21.3 Å². The van der Waals surface area contributed by atoms with Crippen molar-refractivity contribution < 1.29 is 4.39 Å². The van der Waals surface area contributed by atoms with Crippen molar-refractivity contribution in [2.75, 3.05) is 18.0 Å². The third-order valence-electron chi connectivity index (χ3n) is 6.73. The minimum atomic E-state index is -0.403. The summed E-state index contributed by atoms with van der Waals surface area (Å²) < 4.78 is 16.1. The van der Waals surface area contributed by atoms with E-state index in [0.29, 0.717) is 40.1 Å². The van der Waals surface area contributed by atoms with E-state index in [-0.39, 0.29) is 0 Å². The second-order valence-electron chi connectivity index (χ2n) is 8.78. The van der Waals surface area contributed by atoms with E-state index in [1.807, 2.05) is 43.3 Å². The molecule has 4 aromatic rings.